The third-order valence-corrected chi connectivity index (χ3v) is 7.19. The van der Waals surface area contributed by atoms with Crippen LogP contribution in [0.3, 0.4) is 0 Å². The van der Waals surface area contributed by atoms with Crippen molar-refractivity contribution in [2.75, 3.05) is 18.4 Å². The molecule has 0 saturated carbocycles. The third kappa shape index (κ3) is 4.29. The summed E-state index contributed by atoms with van der Waals surface area (Å²) < 4.78 is 27.0. The van der Waals surface area contributed by atoms with E-state index in [1.807, 2.05) is 13.0 Å². The summed E-state index contributed by atoms with van der Waals surface area (Å²) in [4.78, 5) is 14.2. The first-order valence-corrected chi connectivity index (χ1v) is 10.7. The van der Waals surface area contributed by atoms with E-state index in [9.17, 15) is 13.2 Å². The average molecular weight is 379 g/mol. The number of aryl methyl sites for hydroxylation is 1. The molecule has 134 valence electrons. The number of hydrogen-bond acceptors (Lipinski definition) is 4. The lowest BCUT2D eigenvalue weighted by Gasteiger charge is -2.20. The lowest BCUT2D eigenvalue weighted by atomic mass is 10.2. The minimum Gasteiger partial charge on any atom is -0.321 e. The zero-order chi connectivity index (χ0) is 17.9. The maximum absolute atomic E-state index is 12.7. The number of rotatable bonds is 4. The molecule has 3 rings (SSSR count). The first-order chi connectivity index (χ1) is 12.0. The van der Waals surface area contributed by atoms with E-state index in [2.05, 4.69) is 5.32 Å². The molecular formula is C18H22N2O3S2. The van der Waals surface area contributed by atoms with Crippen molar-refractivity contribution in [1.82, 2.24) is 4.31 Å². The van der Waals surface area contributed by atoms with Gasteiger partial charge in [0.1, 0.15) is 0 Å². The van der Waals surface area contributed by atoms with Gasteiger partial charge in [0.15, 0.2) is 0 Å². The second-order valence-corrected chi connectivity index (χ2v) is 9.43. The van der Waals surface area contributed by atoms with Gasteiger partial charge >= 0.3 is 0 Å². The van der Waals surface area contributed by atoms with E-state index in [0.717, 1.165) is 30.6 Å². The Morgan fingerprint density at radius 3 is 2.20 bits per heavy atom. The standard InChI is InChI=1S/C18H22N2O3S2/c1-14-6-11-17(24-14)18(21)19-15-7-9-16(10-8-15)25(22,23)20-12-4-2-3-5-13-20/h6-11H,2-5,12-13H2,1H3,(H,19,21). The minimum atomic E-state index is -3.46. The lowest BCUT2D eigenvalue weighted by Crippen LogP contribution is -2.31. The van der Waals surface area contributed by atoms with Crippen LogP contribution in [0.15, 0.2) is 41.3 Å². The van der Waals surface area contributed by atoms with E-state index in [4.69, 9.17) is 0 Å². The van der Waals surface area contributed by atoms with Gasteiger partial charge in [0, 0.05) is 23.7 Å². The fraction of sp³-hybridized carbons (Fsp3) is 0.389. The molecule has 0 radical (unpaired) electrons. The highest BCUT2D eigenvalue weighted by Crippen LogP contribution is 2.22. The predicted octanol–water partition coefficient (Wildman–Crippen LogP) is 3.87. The smallest absolute Gasteiger partial charge is 0.265 e. The first-order valence-electron chi connectivity index (χ1n) is 8.45. The zero-order valence-corrected chi connectivity index (χ0v) is 15.8. The molecule has 1 amide bonds. The molecule has 1 fully saturated rings. The van der Waals surface area contributed by atoms with Crippen LogP contribution >= 0.6 is 11.3 Å². The highest BCUT2D eigenvalue weighted by atomic mass is 32.2. The zero-order valence-electron chi connectivity index (χ0n) is 14.2. The third-order valence-electron chi connectivity index (χ3n) is 4.28. The second kappa shape index (κ2) is 7.68. The molecule has 2 heterocycles. The van der Waals surface area contributed by atoms with Gasteiger partial charge in [-0.2, -0.15) is 4.31 Å². The summed E-state index contributed by atoms with van der Waals surface area (Å²) >= 11 is 1.43. The van der Waals surface area contributed by atoms with Crippen LogP contribution < -0.4 is 5.32 Å². The van der Waals surface area contributed by atoms with Crippen molar-refractivity contribution in [3.05, 3.63) is 46.2 Å². The van der Waals surface area contributed by atoms with E-state index < -0.39 is 10.0 Å². The van der Waals surface area contributed by atoms with Crippen LogP contribution in [0, 0.1) is 6.92 Å². The molecular weight excluding hydrogens is 356 g/mol. The number of nitrogens with zero attached hydrogens (tertiary/aromatic N) is 1. The van der Waals surface area contributed by atoms with Gasteiger partial charge in [-0.05, 0) is 56.2 Å². The van der Waals surface area contributed by atoms with Crippen molar-refractivity contribution in [1.29, 1.82) is 0 Å². The molecule has 25 heavy (non-hydrogen) atoms. The van der Waals surface area contributed by atoms with Crippen molar-refractivity contribution in [3.8, 4) is 0 Å². The fourth-order valence-electron chi connectivity index (χ4n) is 2.89. The molecule has 0 atom stereocenters. The molecule has 5 nitrogen and oxygen atoms in total. The summed E-state index contributed by atoms with van der Waals surface area (Å²) in [6.45, 7) is 3.11. The van der Waals surface area contributed by atoms with E-state index in [1.165, 1.54) is 11.3 Å². The maximum atomic E-state index is 12.7. The molecule has 1 aliphatic rings. The largest absolute Gasteiger partial charge is 0.321 e. The van der Waals surface area contributed by atoms with Crippen molar-refractivity contribution < 1.29 is 13.2 Å². The molecule has 1 saturated heterocycles. The molecule has 0 aliphatic carbocycles. The van der Waals surface area contributed by atoms with Crippen LogP contribution in [0.2, 0.25) is 0 Å². The van der Waals surface area contributed by atoms with Gasteiger partial charge in [-0.1, -0.05) is 12.8 Å². The number of thiophene rings is 1. The minimum absolute atomic E-state index is 0.179. The quantitative estimate of drug-likeness (QED) is 0.878. The monoisotopic (exact) mass is 378 g/mol. The molecule has 0 unspecified atom stereocenters. The van der Waals surface area contributed by atoms with E-state index in [0.29, 0.717) is 23.7 Å². The number of benzene rings is 1. The van der Waals surface area contributed by atoms with Gasteiger partial charge in [-0.25, -0.2) is 8.42 Å². The Balaban J connectivity index is 1.72. The van der Waals surface area contributed by atoms with Gasteiger partial charge in [0.05, 0.1) is 9.77 Å². The highest BCUT2D eigenvalue weighted by molar-refractivity contribution is 7.89. The molecule has 1 N–H and O–H groups in total. The molecule has 2 aromatic rings. The lowest BCUT2D eigenvalue weighted by molar-refractivity contribution is 0.103. The summed E-state index contributed by atoms with van der Waals surface area (Å²) in [7, 11) is -3.46. The van der Waals surface area contributed by atoms with E-state index in [-0.39, 0.29) is 10.8 Å². The number of nitrogens with one attached hydrogen (secondary N) is 1. The normalized spacial score (nSPS) is 16.4. The van der Waals surface area contributed by atoms with Crippen LogP contribution in [0.25, 0.3) is 0 Å². The van der Waals surface area contributed by atoms with Crippen molar-refractivity contribution in [2.45, 2.75) is 37.5 Å². The maximum Gasteiger partial charge on any atom is 0.265 e. The summed E-state index contributed by atoms with van der Waals surface area (Å²) in [5, 5.41) is 2.80. The second-order valence-electron chi connectivity index (χ2n) is 6.21. The van der Waals surface area contributed by atoms with Gasteiger partial charge in [-0.3, -0.25) is 4.79 Å². The average Bonchev–Trinajstić information content (AvgIpc) is 2.85. The number of hydrogen-bond donors (Lipinski definition) is 1. The molecule has 1 aromatic carbocycles. The van der Waals surface area contributed by atoms with Crippen LogP contribution in [-0.4, -0.2) is 31.7 Å². The number of sulfonamides is 1. The Kier molecular flexibility index (Phi) is 5.56. The molecule has 0 spiro atoms. The SMILES string of the molecule is Cc1ccc(C(=O)Nc2ccc(S(=O)(=O)N3CCCCCC3)cc2)s1. The summed E-state index contributed by atoms with van der Waals surface area (Å²) in [5.74, 6) is -0.179. The summed E-state index contributed by atoms with van der Waals surface area (Å²) in [6, 6.07) is 10.1. The molecule has 0 bridgehead atoms. The van der Waals surface area contributed by atoms with E-state index >= 15 is 0 Å². The van der Waals surface area contributed by atoms with Gasteiger partial charge in [0.2, 0.25) is 10.0 Å². The Morgan fingerprint density at radius 2 is 1.64 bits per heavy atom. The fourth-order valence-corrected chi connectivity index (χ4v) is 5.17. The van der Waals surface area contributed by atoms with Crippen molar-refractivity contribution in [2.24, 2.45) is 0 Å². The topological polar surface area (TPSA) is 66.5 Å². The number of amides is 1. The van der Waals surface area contributed by atoms with Gasteiger partial charge in [-0.15, -0.1) is 11.3 Å². The Labute approximate surface area is 152 Å². The predicted molar refractivity (Wildman–Crippen MR) is 101 cm³/mol. The van der Waals surface area contributed by atoms with Gasteiger partial charge in [0.25, 0.3) is 5.91 Å². The summed E-state index contributed by atoms with van der Waals surface area (Å²) in [5.41, 5.74) is 0.589. The van der Waals surface area contributed by atoms with Crippen LogP contribution in [0.1, 0.15) is 40.2 Å². The highest BCUT2D eigenvalue weighted by Gasteiger charge is 2.25. The Morgan fingerprint density at radius 1 is 1.00 bits per heavy atom. The van der Waals surface area contributed by atoms with Crippen molar-refractivity contribution in [3.63, 3.8) is 0 Å². The molecule has 1 aliphatic heterocycles. The van der Waals surface area contributed by atoms with Crippen LogP contribution in [0.5, 0.6) is 0 Å². The van der Waals surface area contributed by atoms with Crippen LogP contribution in [-0.2, 0) is 10.0 Å². The Bertz CT molecular complexity index is 833. The van der Waals surface area contributed by atoms with E-state index in [1.54, 1.807) is 34.6 Å². The number of carbonyl (C=O) groups excluding carboxylic acids is 1. The molecule has 1 aromatic heterocycles. The number of anilines is 1. The summed E-state index contributed by atoms with van der Waals surface area (Å²) in [6.07, 6.45) is 3.99. The Hall–Kier alpha value is -1.70. The first kappa shape index (κ1) is 18.1. The number of carbonyl (C=O) groups is 1. The van der Waals surface area contributed by atoms with Gasteiger partial charge < -0.3 is 5.32 Å². The molecule has 7 heteroatoms. The van der Waals surface area contributed by atoms with Crippen molar-refractivity contribution >= 4 is 33.0 Å². The van der Waals surface area contributed by atoms with Crippen LogP contribution in [0.4, 0.5) is 5.69 Å².